The number of carbonyl (C=O) groups is 1. The molecule has 0 saturated carbocycles. The van der Waals surface area contributed by atoms with Crippen LogP contribution >= 0.6 is 0 Å². The predicted octanol–water partition coefficient (Wildman–Crippen LogP) is 4.02. The van der Waals surface area contributed by atoms with Crippen LogP contribution in [-0.2, 0) is 11.3 Å². The molecule has 0 radical (unpaired) electrons. The highest BCUT2D eigenvalue weighted by atomic mass is 16.5. The summed E-state index contributed by atoms with van der Waals surface area (Å²) in [6.07, 6.45) is 1.42. The standard InChI is InChI=1S/C19H21N3O3/c1-12-6-5-7-17(21-19(23)24-4)16(12)11-25-15-8-9-18-20-13(2)14(3)22(18)10-15/h5-10H,11H2,1-4H3,(H,21,23). The Bertz CT molecular complexity index is 931. The second-order valence-electron chi connectivity index (χ2n) is 5.88. The van der Waals surface area contributed by atoms with Gasteiger partial charge in [-0.3, -0.25) is 5.32 Å². The third-order valence-electron chi connectivity index (χ3n) is 4.28. The minimum Gasteiger partial charge on any atom is -0.487 e. The Balaban J connectivity index is 1.84. The van der Waals surface area contributed by atoms with Crippen molar-refractivity contribution in [2.24, 2.45) is 0 Å². The Kier molecular flexibility index (Phi) is 4.61. The lowest BCUT2D eigenvalue weighted by Crippen LogP contribution is -2.14. The SMILES string of the molecule is COC(=O)Nc1cccc(C)c1COc1ccc2nc(C)c(C)n2c1. The van der Waals surface area contributed by atoms with Gasteiger partial charge in [0, 0.05) is 11.3 Å². The first-order chi connectivity index (χ1) is 12.0. The minimum atomic E-state index is -0.502. The molecular formula is C19H21N3O3. The van der Waals surface area contributed by atoms with Crippen molar-refractivity contribution in [1.29, 1.82) is 0 Å². The third kappa shape index (κ3) is 3.42. The zero-order chi connectivity index (χ0) is 18.0. The first-order valence-electron chi connectivity index (χ1n) is 8.01. The van der Waals surface area contributed by atoms with E-state index in [1.165, 1.54) is 7.11 Å². The number of hydrogen-bond acceptors (Lipinski definition) is 4. The Morgan fingerprint density at radius 3 is 2.76 bits per heavy atom. The van der Waals surface area contributed by atoms with Crippen molar-refractivity contribution in [3.05, 3.63) is 59.0 Å². The number of aromatic nitrogens is 2. The number of benzene rings is 1. The summed E-state index contributed by atoms with van der Waals surface area (Å²) in [5.74, 6) is 0.736. The number of carbonyl (C=O) groups excluding carboxylic acids is 1. The Hall–Kier alpha value is -3.02. The number of hydrogen-bond donors (Lipinski definition) is 1. The fourth-order valence-electron chi connectivity index (χ4n) is 2.67. The molecule has 1 aromatic carbocycles. The summed E-state index contributed by atoms with van der Waals surface area (Å²) >= 11 is 0. The van der Waals surface area contributed by atoms with Crippen LogP contribution < -0.4 is 10.1 Å². The van der Waals surface area contributed by atoms with E-state index in [2.05, 4.69) is 15.0 Å². The molecule has 6 heteroatoms. The molecule has 0 atom stereocenters. The van der Waals surface area contributed by atoms with Crippen LogP contribution in [0.1, 0.15) is 22.5 Å². The topological polar surface area (TPSA) is 64.9 Å². The highest BCUT2D eigenvalue weighted by Gasteiger charge is 2.11. The van der Waals surface area contributed by atoms with Crippen molar-refractivity contribution in [3.8, 4) is 5.75 Å². The average Bonchev–Trinajstić information content (AvgIpc) is 2.88. The van der Waals surface area contributed by atoms with E-state index < -0.39 is 6.09 Å². The molecule has 25 heavy (non-hydrogen) atoms. The van der Waals surface area contributed by atoms with Crippen LogP contribution in [0.2, 0.25) is 0 Å². The van der Waals surface area contributed by atoms with Crippen LogP contribution in [0.4, 0.5) is 10.5 Å². The van der Waals surface area contributed by atoms with Crippen LogP contribution in [0.15, 0.2) is 36.5 Å². The van der Waals surface area contributed by atoms with Crippen LogP contribution in [-0.4, -0.2) is 22.6 Å². The van der Waals surface area contributed by atoms with Gasteiger partial charge in [0.1, 0.15) is 18.0 Å². The molecule has 0 aliphatic heterocycles. The van der Waals surface area contributed by atoms with E-state index in [9.17, 15) is 4.79 Å². The number of pyridine rings is 1. The maximum Gasteiger partial charge on any atom is 0.411 e. The number of fused-ring (bicyclic) bond motifs is 1. The maximum absolute atomic E-state index is 11.5. The molecule has 2 aromatic heterocycles. The molecule has 0 saturated heterocycles. The van der Waals surface area contributed by atoms with Crippen molar-refractivity contribution in [2.75, 3.05) is 12.4 Å². The molecule has 0 bridgehead atoms. The lowest BCUT2D eigenvalue weighted by molar-refractivity contribution is 0.187. The van der Waals surface area contributed by atoms with Crippen LogP contribution in [0, 0.1) is 20.8 Å². The van der Waals surface area contributed by atoms with E-state index >= 15 is 0 Å². The second-order valence-corrected chi connectivity index (χ2v) is 5.88. The fraction of sp³-hybridized carbons (Fsp3) is 0.263. The van der Waals surface area contributed by atoms with E-state index in [1.807, 2.05) is 61.7 Å². The summed E-state index contributed by atoms with van der Waals surface area (Å²) in [5, 5.41) is 2.72. The van der Waals surface area contributed by atoms with Gasteiger partial charge in [0.2, 0.25) is 0 Å². The molecular weight excluding hydrogens is 318 g/mol. The highest BCUT2D eigenvalue weighted by Crippen LogP contribution is 2.23. The molecule has 3 aromatic rings. The molecule has 1 N–H and O–H groups in total. The molecule has 1 amide bonds. The summed E-state index contributed by atoms with van der Waals surface area (Å²) in [5.41, 5.74) is 5.61. The van der Waals surface area contributed by atoms with Crippen LogP contribution in [0.3, 0.4) is 0 Å². The molecule has 6 nitrogen and oxygen atoms in total. The van der Waals surface area contributed by atoms with E-state index in [-0.39, 0.29) is 0 Å². The largest absolute Gasteiger partial charge is 0.487 e. The van der Waals surface area contributed by atoms with Gasteiger partial charge >= 0.3 is 6.09 Å². The van der Waals surface area contributed by atoms with Gasteiger partial charge in [-0.1, -0.05) is 12.1 Å². The molecule has 0 aliphatic carbocycles. The van der Waals surface area contributed by atoms with Crippen LogP contribution in [0.5, 0.6) is 5.75 Å². The summed E-state index contributed by atoms with van der Waals surface area (Å²) in [7, 11) is 1.34. The Morgan fingerprint density at radius 1 is 1.20 bits per heavy atom. The molecule has 3 rings (SSSR count). The van der Waals surface area contributed by atoms with Crippen molar-refractivity contribution >= 4 is 17.4 Å². The number of nitrogens with zero attached hydrogens (tertiary/aromatic N) is 2. The van der Waals surface area contributed by atoms with Gasteiger partial charge in [0.25, 0.3) is 0 Å². The third-order valence-corrected chi connectivity index (χ3v) is 4.28. The molecule has 0 aliphatic rings. The number of methoxy groups -OCH3 is 1. The summed E-state index contributed by atoms with van der Waals surface area (Å²) in [4.78, 5) is 16.0. The first kappa shape index (κ1) is 16.8. The number of imidazole rings is 1. The monoisotopic (exact) mass is 339 g/mol. The molecule has 0 unspecified atom stereocenters. The average molecular weight is 339 g/mol. The van der Waals surface area contributed by atoms with Crippen molar-refractivity contribution < 1.29 is 14.3 Å². The lowest BCUT2D eigenvalue weighted by atomic mass is 10.1. The number of anilines is 1. The molecule has 2 heterocycles. The number of nitrogens with one attached hydrogen (secondary N) is 1. The van der Waals surface area contributed by atoms with Crippen molar-refractivity contribution in [3.63, 3.8) is 0 Å². The maximum atomic E-state index is 11.5. The van der Waals surface area contributed by atoms with E-state index in [0.717, 1.165) is 33.9 Å². The quantitative estimate of drug-likeness (QED) is 0.780. The zero-order valence-electron chi connectivity index (χ0n) is 14.8. The molecule has 130 valence electrons. The van der Waals surface area contributed by atoms with Gasteiger partial charge in [-0.25, -0.2) is 9.78 Å². The van der Waals surface area contributed by atoms with E-state index in [0.29, 0.717) is 12.3 Å². The number of aryl methyl sites for hydroxylation is 3. The summed E-state index contributed by atoms with van der Waals surface area (Å²) in [6.45, 7) is 6.33. The van der Waals surface area contributed by atoms with Crippen LogP contribution in [0.25, 0.3) is 5.65 Å². The number of rotatable bonds is 4. The second kappa shape index (κ2) is 6.84. The molecule has 0 spiro atoms. The zero-order valence-corrected chi connectivity index (χ0v) is 14.8. The van der Waals surface area contributed by atoms with Crippen molar-refractivity contribution in [2.45, 2.75) is 27.4 Å². The summed E-state index contributed by atoms with van der Waals surface area (Å²) < 4.78 is 12.6. The smallest absolute Gasteiger partial charge is 0.411 e. The number of amides is 1. The van der Waals surface area contributed by atoms with Gasteiger partial charge in [-0.15, -0.1) is 0 Å². The van der Waals surface area contributed by atoms with Gasteiger partial charge in [-0.2, -0.15) is 0 Å². The lowest BCUT2D eigenvalue weighted by Gasteiger charge is -2.14. The van der Waals surface area contributed by atoms with Gasteiger partial charge in [0.15, 0.2) is 0 Å². The first-order valence-corrected chi connectivity index (χ1v) is 8.01. The fourth-order valence-corrected chi connectivity index (χ4v) is 2.67. The summed E-state index contributed by atoms with van der Waals surface area (Å²) in [6, 6.07) is 9.52. The van der Waals surface area contributed by atoms with Crippen molar-refractivity contribution in [1.82, 2.24) is 9.38 Å². The minimum absolute atomic E-state index is 0.338. The van der Waals surface area contributed by atoms with E-state index in [4.69, 9.17) is 4.74 Å². The van der Waals surface area contributed by atoms with Gasteiger partial charge < -0.3 is 13.9 Å². The normalized spacial score (nSPS) is 10.7. The Labute approximate surface area is 146 Å². The predicted molar refractivity (Wildman–Crippen MR) is 96.2 cm³/mol. The highest BCUT2D eigenvalue weighted by molar-refractivity contribution is 5.85. The number of ether oxygens (including phenoxy) is 2. The van der Waals surface area contributed by atoms with E-state index in [1.54, 1.807) is 0 Å². The van der Waals surface area contributed by atoms with Gasteiger partial charge in [0.05, 0.1) is 24.7 Å². The van der Waals surface area contributed by atoms with Gasteiger partial charge in [-0.05, 0) is 44.5 Å². The Morgan fingerprint density at radius 2 is 2.00 bits per heavy atom. The molecule has 0 fully saturated rings.